The van der Waals surface area contributed by atoms with Crippen molar-refractivity contribution < 1.29 is 32.9 Å². The topological polar surface area (TPSA) is 96.0 Å². The summed E-state index contributed by atoms with van der Waals surface area (Å²) in [7, 11) is 3.04. The maximum absolute atomic E-state index is 15.0. The molecule has 1 aromatic heterocycles. The molecule has 0 saturated heterocycles. The second-order valence-corrected chi connectivity index (χ2v) is 8.88. The van der Waals surface area contributed by atoms with Gasteiger partial charge < -0.3 is 24.3 Å². The number of methoxy groups -OCH3 is 2. The molecule has 0 spiro atoms. The van der Waals surface area contributed by atoms with Gasteiger partial charge in [-0.05, 0) is 54.1 Å². The Bertz CT molecular complexity index is 1740. The Kier molecular flexibility index (Phi) is 7.46. The van der Waals surface area contributed by atoms with E-state index in [0.29, 0.717) is 33.7 Å². The number of fused-ring (bicyclic) bond motifs is 2. The van der Waals surface area contributed by atoms with E-state index in [1.54, 1.807) is 30.3 Å². The predicted octanol–water partition coefficient (Wildman–Crippen LogP) is 6.52. The molecule has 0 bridgehead atoms. The molecule has 202 valence electrons. The molecule has 4 aromatic carbocycles. The summed E-state index contributed by atoms with van der Waals surface area (Å²) < 4.78 is 36.8. The van der Waals surface area contributed by atoms with Crippen LogP contribution in [0.5, 0.6) is 23.0 Å². The molecule has 0 aliphatic carbocycles. The van der Waals surface area contributed by atoms with Gasteiger partial charge in [0.25, 0.3) is 5.91 Å². The third kappa shape index (κ3) is 5.49. The minimum Gasteiger partial charge on any atom is -0.493 e. The SMILES string of the molecule is COc1cc2nccc(Oc3ccc(NC(=O)C(C)OC(=O)c4ccc5ccccc5c4)cc3F)c2cc1OC. The maximum Gasteiger partial charge on any atom is 0.338 e. The molecular formula is C31H25FN2O6. The molecule has 0 fully saturated rings. The lowest BCUT2D eigenvalue weighted by atomic mass is 10.1. The van der Waals surface area contributed by atoms with Crippen LogP contribution in [0.2, 0.25) is 0 Å². The first-order valence-corrected chi connectivity index (χ1v) is 12.3. The fourth-order valence-electron chi connectivity index (χ4n) is 4.16. The molecule has 8 nitrogen and oxygen atoms in total. The number of benzene rings is 4. The molecule has 1 unspecified atom stereocenters. The molecule has 9 heteroatoms. The summed E-state index contributed by atoms with van der Waals surface area (Å²) >= 11 is 0. The first-order valence-electron chi connectivity index (χ1n) is 12.3. The summed E-state index contributed by atoms with van der Waals surface area (Å²) in [6.07, 6.45) is 0.421. The Balaban J connectivity index is 1.27. The zero-order valence-corrected chi connectivity index (χ0v) is 21.9. The minimum absolute atomic E-state index is 0.0592. The number of ether oxygens (including phenoxy) is 4. The van der Waals surface area contributed by atoms with Crippen molar-refractivity contribution in [3.05, 3.63) is 96.4 Å². The quantitative estimate of drug-likeness (QED) is 0.224. The highest BCUT2D eigenvalue weighted by Crippen LogP contribution is 2.37. The lowest BCUT2D eigenvalue weighted by Gasteiger charge is -2.15. The summed E-state index contributed by atoms with van der Waals surface area (Å²) in [5.41, 5.74) is 1.08. The smallest absolute Gasteiger partial charge is 0.338 e. The van der Waals surface area contributed by atoms with Crippen molar-refractivity contribution in [2.75, 3.05) is 19.5 Å². The van der Waals surface area contributed by atoms with Gasteiger partial charge in [0.1, 0.15) is 5.75 Å². The van der Waals surface area contributed by atoms with Gasteiger partial charge in [-0.3, -0.25) is 9.78 Å². The third-order valence-corrected chi connectivity index (χ3v) is 6.26. The zero-order valence-electron chi connectivity index (χ0n) is 21.9. The summed E-state index contributed by atoms with van der Waals surface area (Å²) in [6.45, 7) is 1.44. The Morgan fingerprint density at radius 1 is 0.825 bits per heavy atom. The second kappa shape index (κ2) is 11.3. The van der Waals surface area contributed by atoms with Gasteiger partial charge in [-0.1, -0.05) is 30.3 Å². The number of anilines is 1. The Hall–Kier alpha value is -5.18. The van der Waals surface area contributed by atoms with Crippen molar-refractivity contribution in [1.82, 2.24) is 4.98 Å². The van der Waals surface area contributed by atoms with E-state index in [1.807, 2.05) is 30.3 Å². The van der Waals surface area contributed by atoms with E-state index in [1.165, 1.54) is 39.5 Å². The fourth-order valence-corrected chi connectivity index (χ4v) is 4.16. The van der Waals surface area contributed by atoms with Crippen LogP contribution >= 0.6 is 0 Å². The summed E-state index contributed by atoms with van der Waals surface area (Å²) in [5.74, 6) is -0.675. The maximum atomic E-state index is 15.0. The van der Waals surface area contributed by atoms with Crippen LogP contribution in [0.1, 0.15) is 17.3 Å². The van der Waals surface area contributed by atoms with Crippen LogP contribution < -0.4 is 19.5 Å². The number of esters is 1. The molecule has 5 rings (SSSR count). The third-order valence-electron chi connectivity index (χ3n) is 6.26. The summed E-state index contributed by atoms with van der Waals surface area (Å²) in [6, 6.07) is 21.8. The Labute approximate surface area is 229 Å². The largest absolute Gasteiger partial charge is 0.493 e. The number of halogens is 1. The molecule has 1 heterocycles. The summed E-state index contributed by atoms with van der Waals surface area (Å²) in [4.78, 5) is 29.6. The van der Waals surface area contributed by atoms with Crippen molar-refractivity contribution in [1.29, 1.82) is 0 Å². The first kappa shape index (κ1) is 26.4. The average Bonchev–Trinajstić information content (AvgIpc) is 2.97. The van der Waals surface area contributed by atoms with E-state index < -0.39 is 23.8 Å². The van der Waals surface area contributed by atoms with Gasteiger partial charge in [0.2, 0.25) is 0 Å². The number of aromatic nitrogens is 1. The van der Waals surface area contributed by atoms with Crippen LogP contribution in [0.25, 0.3) is 21.7 Å². The van der Waals surface area contributed by atoms with Crippen molar-refractivity contribution in [3.63, 3.8) is 0 Å². The van der Waals surface area contributed by atoms with Gasteiger partial charge in [0.15, 0.2) is 29.2 Å². The Morgan fingerprint density at radius 3 is 2.33 bits per heavy atom. The van der Waals surface area contributed by atoms with Gasteiger partial charge in [0.05, 0.1) is 25.3 Å². The second-order valence-electron chi connectivity index (χ2n) is 8.88. The number of hydrogen-bond acceptors (Lipinski definition) is 7. The molecule has 1 amide bonds. The number of pyridine rings is 1. The van der Waals surface area contributed by atoms with Crippen molar-refractivity contribution in [2.24, 2.45) is 0 Å². The Morgan fingerprint density at radius 2 is 1.57 bits per heavy atom. The lowest BCUT2D eigenvalue weighted by molar-refractivity contribution is -0.123. The molecule has 0 saturated carbocycles. The first-order chi connectivity index (χ1) is 19.4. The highest BCUT2D eigenvalue weighted by atomic mass is 19.1. The number of nitrogens with one attached hydrogen (secondary N) is 1. The fraction of sp³-hybridized carbons (Fsp3) is 0.129. The van der Waals surface area contributed by atoms with E-state index in [0.717, 1.165) is 16.8 Å². The van der Waals surface area contributed by atoms with Crippen LogP contribution in [-0.2, 0) is 9.53 Å². The molecule has 1 atom stereocenters. The van der Waals surface area contributed by atoms with E-state index in [-0.39, 0.29) is 11.4 Å². The number of hydrogen-bond donors (Lipinski definition) is 1. The van der Waals surface area contributed by atoms with Crippen molar-refractivity contribution in [3.8, 4) is 23.0 Å². The molecule has 40 heavy (non-hydrogen) atoms. The molecule has 0 aliphatic heterocycles. The van der Waals surface area contributed by atoms with Gasteiger partial charge in [-0.2, -0.15) is 0 Å². The summed E-state index contributed by atoms with van der Waals surface area (Å²) in [5, 5.41) is 5.02. The number of carbonyl (C=O) groups is 2. The normalized spacial score (nSPS) is 11.6. The van der Waals surface area contributed by atoms with E-state index >= 15 is 0 Å². The van der Waals surface area contributed by atoms with E-state index in [9.17, 15) is 14.0 Å². The number of carbonyl (C=O) groups excluding carboxylic acids is 2. The van der Waals surface area contributed by atoms with Crippen molar-refractivity contribution in [2.45, 2.75) is 13.0 Å². The van der Waals surface area contributed by atoms with Gasteiger partial charge in [-0.15, -0.1) is 0 Å². The van der Waals surface area contributed by atoms with Gasteiger partial charge >= 0.3 is 5.97 Å². The number of rotatable bonds is 8. The predicted molar refractivity (Wildman–Crippen MR) is 149 cm³/mol. The minimum atomic E-state index is -1.12. The monoisotopic (exact) mass is 540 g/mol. The highest BCUT2D eigenvalue weighted by Gasteiger charge is 2.20. The molecule has 0 aliphatic rings. The van der Waals surface area contributed by atoms with Crippen LogP contribution in [0, 0.1) is 5.82 Å². The van der Waals surface area contributed by atoms with Crippen LogP contribution in [0.15, 0.2) is 85.1 Å². The molecule has 5 aromatic rings. The molecule has 0 radical (unpaired) electrons. The number of nitrogens with zero attached hydrogens (tertiary/aromatic N) is 1. The van der Waals surface area contributed by atoms with Crippen LogP contribution in [0.4, 0.5) is 10.1 Å². The number of amides is 1. The van der Waals surface area contributed by atoms with Crippen molar-refractivity contribution >= 4 is 39.2 Å². The molecule has 1 N–H and O–H groups in total. The zero-order chi connectivity index (χ0) is 28.2. The van der Waals surface area contributed by atoms with Crippen LogP contribution in [0.3, 0.4) is 0 Å². The average molecular weight is 541 g/mol. The van der Waals surface area contributed by atoms with Gasteiger partial charge in [0, 0.05) is 29.4 Å². The standard InChI is InChI=1S/C31H25FN2O6/c1-18(39-31(36)21-9-8-19-6-4-5-7-20(19)14-21)30(35)34-22-10-11-27(24(32)15-22)40-26-12-13-33-25-17-29(38-3)28(37-2)16-23(25)26/h4-18H,1-3H3,(H,34,35). The highest BCUT2D eigenvalue weighted by molar-refractivity contribution is 5.99. The van der Waals surface area contributed by atoms with E-state index in [4.69, 9.17) is 18.9 Å². The molecular weight excluding hydrogens is 515 g/mol. The lowest BCUT2D eigenvalue weighted by Crippen LogP contribution is -2.30. The van der Waals surface area contributed by atoms with Gasteiger partial charge in [-0.25, -0.2) is 9.18 Å². The van der Waals surface area contributed by atoms with Crippen LogP contribution in [-0.4, -0.2) is 37.2 Å². The van der Waals surface area contributed by atoms with E-state index in [2.05, 4.69) is 10.3 Å².